The molecule has 2 rings (SSSR count). The summed E-state index contributed by atoms with van der Waals surface area (Å²) in [5.41, 5.74) is 6.11. The van der Waals surface area contributed by atoms with Crippen molar-refractivity contribution < 1.29 is 0 Å². The summed E-state index contributed by atoms with van der Waals surface area (Å²) in [5.74, 6) is 1.74. The molecule has 1 saturated carbocycles. The van der Waals surface area contributed by atoms with E-state index in [9.17, 15) is 0 Å². The Morgan fingerprint density at radius 2 is 1.94 bits per heavy atom. The first kappa shape index (κ1) is 14.3. The van der Waals surface area contributed by atoms with Crippen LogP contribution in [0.5, 0.6) is 0 Å². The molecule has 1 aliphatic carbocycles. The van der Waals surface area contributed by atoms with Gasteiger partial charge in [-0.05, 0) is 57.4 Å². The third-order valence-corrected chi connectivity index (χ3v) is 5.38. The second-order valence-corrected chi connectivity index (χ2v) is 6.69. The summed E-state index contributed by atoms with van der Waals surface area (Å²) in [5, 5.41) is 0. The molecule has 1 aliphatic heterocycles. The van der Waals surface area contributed by atoms with Crippen molar-refractivity contribution in [2.24, 2.45) is 17.6 Å². The highest BCUT2D eigenvalue weighted by atomic mass is 15.2. The number of likely N-dealkylation sites (tertiary alicyclic amines) is 1. The summed E-state index contributed by atoms with van der Waals surface area (Å²) in [4.78, 5) is 2.77. The second-order valence-electron chi connectivity index (χ2n) is 6.69. The fourth-order valence-corrected chi connectivity index (χ4v) is 3.93. The molecular formula is C16H32N2. The van der Waals surface area contributed by atoms with Gasteiger partial charge in [-0.15, -0.1) is 0 Å². The van der Waals surface area contributed by atoms with E-state index in [0.717, 1.165) is 17.9 Å². The Morgan fingerprint density at radius 3 is 2.67 bits per heavy atom. The van der Waals surface area contributed by atoms with Gasteiger partial charge in [0.2, 0.25) is 0 Å². The van der Waals surface area contributed by atoms with Crippen LogP contribution in [0.15, 0.2) is 0 Å². The van der Waals surface area contributed by atoms with Crippen LogP contribution in [0.4, 0.5) is 0 Å². The summed E-state index contributed by atoms with van der Waals surface area (Å²) >= 11 is 0. The largest absolute Gasteiger partial charge is 0.328 e. The van der Waals surface area contributed by atoms with Crippen LogP contribution in [-0.2, 0) is 0 Å². The monoisotopic (exact) mass is 252 g/mol. The predicted octanol–water partition coefficient (Wildman–Crippen LogP) is 3.40. The molecule has 2 aliphatic rings. The lowest BCUT2D eigenvalue weighted by atomic mass is 9.90. The molecule has 0 radical (unpaired) electrons. The lowest BCUT2D eigenvalue weighted by Crippen LogP contribution is -2.46. The summed E-state index contributed by atoms with van der Waals surface area (Å²) < 4.78 is 0. The van der Waals surface area contributed by atoms with Crippen LogP contribution >= 0.6 is 0 Å². The number of hydrogen-bond donors (Lipinski definition) is 1. The molecule has 0 aromatic rings. The van der Waals surface area contributed by atoms with Gasteiger partial charge in [0, 0.05) is 18.6 Å². The lowest BCUT2D eigenvalue weighted by Gasteiger charge is -2.39. The van der Waals surface area contributed by atoms with E-state index in [1.54, 1.807) is 0 Å². The fourth-order valence-electron chi connectivity index (χ4n) is 3.93. The van der Waals surface area contributed by atoms with Crippen LogP contribution in [0.3, 0.4) is 0 Å². The molecule has 106 valence electrons. The first-order chi connectivity index (χ1) is 8.70. The van der Waals surface area contributed by atoms with Crippen LogP contribution in [0, 0.1) is 11.8 Å². The minimum Gasteiger partial charge on any atom is -0.328 e. The number of nitrogens with two attached hydrogens (primary N) is 1. The van der Waals surface area contributed by atoms with Crippen molar-refractivity contribution in [1.82, 2.24) is 4.90 Å². The first-order valence-electron chi connectivity index (χ1n) is 8.20. The van der Waals surface area contributed by atoms with E-state index in [-0.39, 0.29) is 0 Å². The Bertz CT molecular complexity index is 239. The molecule has 0 bridgehead atoms. The molecule has 0 aromatic carbocycles. The standard InChI is InChI=1S/C16H32N2/c1-3-14-6-4-8-16(10-9-14)18-11-5-7-15(12-18)13(2)17/h13-16H,3-12,17H2,1-2H3. The Labute approximate surface area is 113 Å². The van der Waals surface area contributed by atoms with Gasteiger partial charge in [0.25, 0.3) is 0 Å². The highest BCUT2D eigenvalue weighted by Crippen LogP contribution is 2.30. The minimum atomic E-state index is 0.377. The lowest BCUT2D eigenvalue weighted by molar-refractivity contribution is 0.103. The molecule has 18 heavy (non-hydrogen) atoms. The number of rotatable bonds is 3. The van der Waals surface area contributed by atoms with Crippen LogP contribution in [0.2, 0.25) is 0 Å². The molecule has 0 aromatic heterocycles. The predicted molar refractivity (Wildman–Crippen MR) is 78.6 cm³/mol. The average molecular weight is 252 g/mol. The average Bonchev–Trinajstić information content (AvgIpc) is 2.64. The zero-order valence-corrected chi connectivity index (χ0v) is 12.4. The molecule has 4 unspecified atom stereocenters. The van der Waals surface area contributed by atoms with Gasteiger partial charge in [-0.25, -0.2) is 0 Å². The van der Waals surface area contributed by atoms with Crippen LogP contribution < -0.4 is 5.73 Å². The summed E-state index contributed by atoms with van der Waals surface area (Å²) in [6, 6.07) is 1.24. The molecule has 2 N–H and O–H groups in total. The van der Waals surface area contributed by atoms with Crippen molar-refractivity contribution in [2.45, 2.75) is 77.3 Å². The Hall–Kier alpha value is -0.0800. The van der Waals surface area contributed by atoms with Crippen molar-refractivity contribution in [3.8, 4) is 0 Å². The number of nitrogens with zero attached hydrogens (tertiary/aromatic N) is 1. The molecule has 0 amide bonds. The van der Waals surface area contributed by atoms with E-state index >= 15 is 0 Å². The molecule has 2 nitrogen and oxygen atoms in total. The van der Waals surface area contributed by atoms with Gasteiger partial charge in [0.05, 0.1) is 0 Å². The van der Waals surface area contributed by atoms with E-state index in [4.69, 9.17) is 5.73 Å². The van der Waals surface area contributed by atoms with Crippen molar-refractivity contribution >= 4 is 0 Å². The van der Waals surface area contributed by atoms with Gasteiger partial charge in [0.15, 0.2) is 0 Å². The van der Waals surface area contributed by atoms with Gasteiger partial charge in [0.1, 0.15) is 0 Å². The molecule has 0 spiro atoms. The summed E-state index contributed by atoms with van der Waals surface area (Å²) in [6.45, 7) is 7.14. The molecule has 1 heterocycles. The highest BCUT2D eigenvalue weighted by molar-refractivity contribution is 4.84. The fraction of sp³-hybridized carbons (Fsp3) is 1.00. The molecule has 2 fully saturated rings. The van der Waals surface area contributed by atoms with Gasteiger partial charge in [-0.3, -0.25) is 0 Å². The third kappa shape index (κ3) is 3.71. The number of hydrogen-bond acceptors (Lipinski definition) is 2. The van der Waals surface area contributed by atoms with Gasteiger partial charge >= 0.3 is 0 Å². The van der Waals surface area contributed by atoms with Crippen LogP contribution in [0.25, 0.3) is 0 Å². The summed E-state index contributed by atoms with van der Waals surface area (Å²) in [6.07, 6.45) is 11.3. The van der Waals surface area contributed by atoms with Gasteiger partial charge < -0.3 is 10.6 Å². The van der Waals surface area contributed by atoms with Crippen LogP contribution in [-0.4, -0.2) is 30.1 Å². The minimum absolute atomic E-state index is 0.377. The Morgan fingerprint density at radius 1 is 1.11 bits per heavy atom. The highest BCUT2D eigenvalue weighted by Gasteiger charge is 2.28. The Kier molecular flexibility index (Phi) is 5.50. The van der Waals surface area contributed by atoms with Crippen LogP contribution in [0.1, 0.15) is 65.2 Å². The van der Waals surface area contributed by atoms with E-state index in [0.29, 0.717) is 6.04 Å². The second kappa shape index (κ2) is 6.91. The zero-order valence-electron chi connectivity index (χ0n) is 12.4. The maximum atomic E-state index is 6.11. The first-order valence-corrected chi connectivity index (χ1v) is 8.20. The van der Waals surface area contributed by atoms with Crippen molar-refractivity contribution in [3.05, 3.63) is 0 Å². The maximum absolute atomic E-state index is 6.11. The SMILES string of the molecule is CCC1CCCC(N2CCCC(C(C)N)C2)CC1. The molecule has 4 atom stereocenters. The topological polar surface area (TPSA) is 29.3 Å². The normalized spacial score (nSPS) is 37.2. The van der Waals surface area contributed by atoms with E-state index < -0.39 is 0 Å². The molecule has 2 heteroatoms. The zero-order chi connectivity index (χ0) is 13.0. The van der Waals surface area contributed by atoms with Crippen molar-refractivity contribution in [1.29, 1.82) is 0 Å². The third-order valence-electron chi connectivity index (χ3n) is 5.38. The van der Waals surface area contributed by atoms with E-state index in [1.807, 2.05) is 0 Å². The molecular weight excluding hydrogens is 220 g/mol. The molecule has 1 saturated heterocycles. The van der Waals surface area contributed by atoms with E-state index in [1.165, 1.54) is 64.5 Å². The van der Waals surface area contributed by atoms with Gasteiger partial charge in [-0.2, -0.15) is 0 Å². The Balaban J connectivity index is 1.86. The van der Waals surface area contributed by atoms with Crippen molar-refractivity contribution in [2.75, 3.05) is 13.1 Å². The summed E-state index contributed by atoms with van der Waals surface area (Å²) in [7, 11) is 0. The quantitative estimate of drug-likeness (QED) is 0.780. The van der Waals surface area contributed by atoms with Gasteiger partial charge in [-0.1, -0.05) is 26.2 Å². The van der Waals surface area contributed by atoms with Crippen molar-refractivity contribution in [3.63, 3.8) is 0 Å². The maximum Gasteiger partial charge on any atom is 0.00954 e. The van der Waals surface area contributed by atoms with E-state index in [2.05, 4.69) is 18.7 Å². The number of piperidine rings is 1. The smallest absolute Gasteiger partial charge is 0.00954 e.